The van der Waals surface area contributed by atoms with Crippen LogP contribution in [0.15, 0.2) is 60.7 Å². The van der Waals surface area contributed by atoms with Gasteiger partial charge in [0.2, 0.25) is 0 Å². The molecular weight excluding hydrogens is 306 g/mol. The third-order valence-electron chi connectivity index (χ3n) is 5.41. The van der Waals surface area contributed by atoms with E-state index in [0.717, 1.165) is 26.2 Å². The van der Waals surface area contributed by atoms with Crippen LogP contribution in [0.1, 0.15) is 36.5 Å². The van der Waals surface area contributed by atoms with Gasteiger partial charge in [0.1, 0.15) is 0 Å². The van der Waals surface area contributed by atoms with Crippen molar-refractivity contribution in [1.82, 2.24) is 4.90 Å². The molecule has 0 spiro atoms. The number of nitrogens with zero attached hydrogens (tertiary/aromatic N) is 1. The van der Waals surface area contributed by atoms with E-state index in [0.29, 0.717) is 12.1 Å². The summed E-state index contributed by atoms with van der Waals surface area (Å²) in [7, 11) is 0. The molecule has 2 heteroatoms. The van der Waals surface area contributed by atoms with Gasteiger partial charge in [0.15, 0.2) is 0 Å². The van der Waals surface area contributed by atoms with Crippen molar-refractivity contribution in [3.8, 4) is 0 Å². The number of ether oxygens (including phenoxy) is 1. The van der Waals surface area contributed by atoms with Gasteiger partial charge < -0.3 is 4.74 Å². The Kier molecular flexibility index (Phi) is 5.00. The summed E-state index contributed by atoms with van der Waals surface area (Å²) in [6.45, 7) is 4.90. The predicted octanol–water partition coefficient (Wildman–Crippen LogP) is 4.70. The third-order valence-corrected chi connectivity index (χ3v) is 5.41. The molecule has 1 fully saturated rings. The zero-order valence-electron chi connectivity index (χ0n) is 15.0. The van der Waals surface area contributed by atoms with Crippen molar-refractivity contribution < 1.29 is 4.74 Å². The molecule has 4 rings (SSSR count). The van der Waals surface area contributed by atoms with Gasteiger partial charge in [0.05, 0.1) is 19.3 Å². The molecule has 1 saturated heterocycles. The van der Waals surface area contributed by atoms with Gasteiger partial charge in [-0.15, -0.1) is 0 Å². The summed E-state index contributed by atoms with van der Waals surface area (Å²) in [5.74, 6) is 0. The maximum atomic E-state index is 5.85. The molecule has 0 N–H and O–H groups in total. The smallest absolute Gasteiger partial charge is 0.0658 e. The molecule has 2 aliphatic rings. The number of benzene rings is 2. The van der Waals surface area contributed by atoms with E-state index >= 15 is 0 Å². The van der Waals surface area contributed by atoms with Gasteiger partial charge in [0.25, 0.3) is 0 Å². The van der Waals surface area contributed by atoms with Gasteiger partial charge in [-0.1, -0.05) is 74.0 Å². The van der Waals surface area contributed by atoms with E-state index in [1.54, 1.807) is 0 Å². The van der Waals surface area contributed by atoms with Crippen molar-refractivity contribution in [1.29, 1.82) is 0 Å². The Labute approximate surface area is 151 Å². The maximum absolute atomic E-state index is 5.85. The summed E-state index contributed by atoms with van der Waals surface area (Å²) >= 11 is 0. The molecule has 2 bridgehead atoms. The second kappa shape index (κ2) is 7.55. The molecule has 0 radical (unpaired) electrons. The van der Waals surface area contributed by atoms with Crippen LogP contribution in [0.3, 0.4) is 0 Å². The van der Waals surface area contributed by atoms with Crippen molar-refractivity contribution in [2.75, 3.05) is 13.2 Å². The fourth-order valence-electron chi connectivity index (χ4n) is 4.09. The normalized spacial score (nSPS) is 23.3. The first kappa shape index (κ1) is 16.6. The summed E-state index contributed by atoms with van der Waals surface area (Å²) in [5, 5.41) is 0. The Bertz CT molecular complexity index is 720. The Morgan fingerprint density at radius 3 is 2.48 bits per heavy atom. The van der Waals surface area contributed by atoms with Crippen LogP contribution < -0.4 is 0 Å². The van der Waals surface area contributed by atoms with Gasteiger partial charge in [-0.3, -0.25) is 4.90 Å². The van der Waals surface area contributed by atoms with Crippen LogP contribution in [-0.2, 0) is 17.7 Å². The lowest BCUT2D eigenvalue weighted by atomic mass is 9.89. The van der Waals surface area contributed by atoms with Gasteiger partial charge in [-0.25, -0.2) is 0 Å². The summed E-state index contributed by atoms with van der Waals surface area (Å²) in [5.41, 5.74) is 5.71. The molecule has 0 amide bonds. The van der Waals surface area contributed by atoms with Gasteiger partial charge in [0, 0.05) is 12.6 Å². The Hall–Kier alpha value is -1.90. The second-order valence-corrected chi connectivity index (χ2v) is 7.26. The predicted molar refractivity (Wildman–Crippen MR) is 103 cm³/mol. The van der Waals surface area contributed by atoms with E-state index < -0.39 is 0 Å². The second-order valence-electron chi connectivity index (χ2n) is 7.26. The minimum Gasteiger partial charge on any atom is -0.378 e. The average Bonchev–Trinajstić information content (AvgIpc) is 2.63. The molecule has 25 heavy (non-hydrogen) atoms. The lowest BCUT2D eigenvalue weighted by molar-refractivity contribution is -0.0402. The SMILES string of the molecule is CCCc1ccc(C2=CC3COCC(C2)N3Cc2ccccc2)cc1. The van der Waals surface area contributed by atoms with Crippen molar-refractivity contribution in [2.24, 2.45) is 0 Å². The summed E-state index contributed by atoms with van der Waals surface area (Å²) in [4.78, 5) is 2.62. The monoisotopic (exact) mass is 333 g/mol. The first-order valence-corrected chi connectivity index (χ1v) is 9.51. The quantitative estimate of drug-likeness (QED) is 0.786. The molecule has 2 atom stereocenters. The van der Waals surface area contributed by atoms with E-state index in [4.69, 9.17) is 4.74 Å². The molecule has 2 aliphatic heterocycles. The van der Waals surface area contributed by atoms with Crippen molar-refractivity contribution in [2.45, 2.75) is 44.8 Å². The van der Waals surface area contributed by atoms with E-state index in [-0.39, 0.29) is 0 Å². The molecule has 2 nitrogen and oxygen atoms in total. The van der Waals surface area contributed by atoms with Crippen LogP contribution in [-0.4, -0.2) is 30.2 Å². The minimum atomic E-state index is 0.387. The fraction of sp³-hybridized carbons (Fsp3) is 0.391. The molecule has 2 aromatic carbocycles. The molecule has 0 aromatic heterocycles. The first-order chi connectivity index (χ1) is 12.3. The molecular formula is C23H27NO. The minimum absolute atomic E-state index is 0.387. The molecule has 0 saturated carbocycles. The zero-order valence-corrected chi connectivity index (χ0v) is 15.0. The zero-order chi connectivity index (χ0) is 17.1. The number of rotatable bonds is 5. The third kappa shape index (κ3) is 3.70. The topological polar surface area (TPSA) is 12.5 Å². The van der Waals surface area contributed by atoms with E-state index in [1.807, 2.05) is 0 Å². The highest BCUT2D eigenvalue weighted by molar-refractivity contribution is 5.68. The van der Waals surface area contributed by atoms with Crippen LogP contribution in [0.5, 0.6) is 0 Å². The number of morpholine rings is 1. The maximum Gasteiger partial charge on any atom is 0.0658 e. The highest BCUT2D eigenvalue weighted by Crippen LogP contribution is 2.33. The van der Waals surface area contributed by atoms with Crippen LogP contribution in [0.25, 0.3) is 5.57 Å². The van der Waals surface area contributed by atoms with Gasteiger partial charge in [-0.05, 0) is 35.1 Å². The Balaban J connectivity index is 1.54. The lowest BCUT2D eigenvalue weighted by Crippen LogP contribution is -2.53. The van der Waals surface area contributed by atoms with Crippen LogP contribution in [0.4, 0.5) is 0 Å². The standard InChI is InChI=1S/C23H27NO/c1-2-6-18-9-11-20(12-10-18)21-13-22-16-25-17-23(14-21)24(22)15-19-7-4-3-5-8-19/h3-5,7-13,22-23H,2,6,14-17H2,1H3. The fourth-order valence-corrected chi connectivity index (χ4v) is 4.09. The highest BCUT2D eigenvalue weighted by Gasteiger charge is 2.34. The molecule has 0 aliphatic carbocycles. The number of fused-ring (bicyclic) bond motifs is 2. The van der Waals surface area contributed by atoms with Gasteiger partial charge in [-0.2, -0.15) is 0 Å². The van der Waals surface area contributed by atoms with Gasteiger partial charge >= 0.3 is 0 Å². The first-order valence-electron chi connectivity index (χ1n) is 9.51. The van der Waals surface area contributed by atoms with Crippen molar-refractivity contribution in [3.63, 3.8) is 0 Å². The molecule has 2 heterocycles. The highest BCUT2D eigenvalue weighted by atomic mass is 16.5. The van der Waals surface area contributed by atoms with E-state index in [2.05, 4.69) is 72.5 Å². The van der Waals surface area contributed by atoms with E-state index in [1.165, 1.54) is 35.1 Å². The largest absolute Gasteiger partial charge is 0.378 e. The summed E-state index contributed by atoms with van der Waals surface area (Å²) in [6, 6.07) is 20.9. The average molecular weight is 333 g/mol. The number of hydrogen-bond donors (Lipinski definition) is 0. The van der Waals surface area contributed by atoms with Crippen molar-refractivity contribution in [3.05, 3.63) is 77.4 Å². The van der Waals surface area contributed by atoms with Crippen molar-refractivity contribution >= 4 is 5.57 Å². The summed E-state index contributed by atoms with van der Waals surface area (Å²) < 4.78 is 5.85. The van der Waals surface area contributed by atoms with E-state index in [9.17, 15) is 0 Å². The lowest BCUT2D eigenvalue weighted by Gasteiger charge is -2.45. The molecule has 2 aromatic rings. The Morgan fingerprint density at radius 1 is 0.960 bits per heavy atom. The molecule has 2 unspecified atom stereocenters. The molecule has 130 valence electrons. The Morgan fingerprint density at radius 2 is 1.76 bits per heavy atom. The van der Waals surface area contributed by atoms with Crippen LogP contribution >= 0.6 is 0 Å². The van der Waals surface area contributed by atoms with Crippen LogP contribution in [0, 0.1) is 0 Å². The summed E-state index contributed by atoms with van der Waals surface area (Å²) in [6.07, 6.45) is 5.89. The number of hydrogen-bond acceptors (Lipinski definition) is 2. The van der Waals surface area contributed by atoms with Crippen LogP contribution in [0.2, 0.25) is 0 Å². The number of aryl methyl sites for hydroxylation is 1.